The number of hydrogen-bond acceptors (Lipinski definition) is 2. The van der Waals surface area contributed by atoms with E-state index >= 15 is 0 Å². The molecule has 2 aromatic carbocycles. The highest BCUT2D eigenvalue weighted by Gasteiger charge is 2.06. The molecular weight excluding hydrogens is 256 g/mol. The molecule has 2 nitrogen and oxygen atoms in total. The highest BCUT2D eigenvalue weighted by molar-refractivity contribution is 6.30. The first kappa shape index (κ1) is 13.9. The van der Waals surface area contributed by atoms with Gasteiger partial charge in [-0.2, -0.15) is 0 Å². The van der Waals surface area contributed by atoms with Gasteiger partial charge in [0.25, 0.3) is 0 Å². The van der Waals surface area contributed by atoms with E-state index in [1.807, 2.05) is 18.2 Å². The molecule has 0 aliphatic heterocycles. The van der Waals surface area contributed by atoms with Gasteiger partial charge in [0.05, 0.1) is 0 Å². The fourth-order valence-corrected chi connectivity index (χ4v) is 2.41. The molecule has 0 aliphatic rings. The predicted molar refractivity (Wildman–Crippen MR) is 82.1 cm³/mol. The van der Waals surface area contributed by atoms with Gasteiger partial charge >= 0.3 is 0 Å². The van der Waals surface area contributed by atoms with Crippen LogP contribution in [0.5, 0.6) is 0 Å². The summed E-state index contributed by atoms with van der Waals surface area (Å²) in [6.07, 6.45) is 0. The molecule has 2 rings (SSSR count). The zero-order chi connectivity index (χ0) is 13.7. The van der Waals surface area contributed by atoms with E-state index in [1.54, 1.807) is 6.07 Å². The number of nitrogens with zero attached hydrogens (tertiary/aromatic N) is 1. The second kappa shape index (κ2) is 6.60. The molecule has 0 saturated carbocycles. The molecule has 0 fully saturated rings. The Hall–Kier alpha value is -1.51. The minimum Gasteiger partial charge on any atom is -0.399 e. The van der Waals surface area contributed by atoms with Gasteiger partial charge in [0.15, 0.2) is 0 Å². The quantitative estimate of drug-likeness (QED) is 0.837. The highest BCUT2D eigenvalue weighted by atomic mass is 35.5. The Morgan fingerprint density at radius 3 is 2.32 bits per heavy atom. The summed E-state index contributed by atoms with van der Waals surface area (Å²) in [5, 5.41) is 0.700. The average molecular weight is 275 g/mol. The number of nitrogen functional groups attached to an aromatic ring is 1. The molecule has 0 aromatic heterocycles. The Bertz CT molecular complexity index is 505. The van der Waals surface area contributed by atoms with Crippen molar-refractivity contribution in [2.45, 2.75) is 20.0 Å². The molecule has 0 bridgehead atoms. The van der Waals surface area contributed by atoms with Gasteiger partial charge in [-0.1, -0.05) is 48.9 Å². The molecule has 0 heterocycles. The van der Waals surface area contributed by atoms with E-state index in [2.05, 4.69) is 36.1 Å². The summed E-state index contributed by atoms with van der Waals surface area (Å²) in [6, 6.07) is 16.2. The smallest absolute Gasteiger partial charge is 0.0429 e. The van der Waals surface area contributed by atoms with Gasteiger partial charge in [0.2, 0.25) is 0 Å². The van der Waals surface area contributed by atoms with Crippen molar-refractivity contribution in [1.82, 2.24) is 4.90 Å². The number of anilines is 1. The minimum absolute atomic E-state index is 0.700. The van der Waals surface area contributed by atoms with Crippen LogP contribution in [-0.4, -0.2) is 11.4 Å². The van der Waals surface area contributed by atoms with Crippen LogP contribution < -0.4 is 5.73 Å². The first-order valence-electron chi connectivity index (χ1n) is 6.48. The first-order chi connectivity index (χ1) is 9.17. The van der Waals surface area contributed by atoms with Crippen molar-refractivity contribution in [3.63, 3.8) is 0 Å². The standard InChI is InChI=1S/C16H19ClN2/c1-2-19(11-13-6-4-3-5-7-13)12-14-8-15(17)10-16(18)9-14/h3-10H,2,11-12,18H2,1H3. The van der Waals surface area contributed by atoms with E-state index in [1.165, 1.54) is 5.56 Å². The first-order valence-corrected chi connectivity index (χ1v) is 6.86. The van der Waals surface area contributed by atoms with E-state index in [0.717, 1.165) is 30.9 Å². The Kier molecular flexibility index (Phi) is 4.83. The molecule has 0 unspecified atom stereocenters. The van der Waals surface area contributed by atoms with Crippen molar-refractivity contribution in [1.29, 1.82) is 0 Å². The van der Waals surface area contributed by atoms with Gasteiger partial charge in [0, 0.05) is 23.8 Å². The molecular formula is C16H19ClN2. The molecule has 2 aromatic rings. The van der Waals surface area contributed by atoms with Crippen LogP contribution in [0.25, 0.3) is 0 Å². The SMILES string of the molecule is CCN(Cc1ccccc1)Cc1cc(N)cc(Cl)c1. The molecule has 0 radical (unpaired) electrons. The van der Waals surface area contributed by atoms with Crippen LogP contribution in [0.1, 0.15) is 18.1 Å². The van der Waals surface area contributed by atoms with Gasteiger partial charge < -0.3 is 5.73 Å². The molecule has 0 aliphatic carbocycles. The Balaban J connectivity index is 2.06. The van der Waals surface area contributed by atoms with E-state index in [4.69, 9.17) is 17.3 Å². The summed E-state index contributed by atoms with van der Waals surface area (Å²) in [7, 11) is 0. The lowest BCUT2D eigenvalue weighted by molar-refractivity contribution is 0.271. The molecule has 3 heteroatoms. The molecule has 0 atom stereocenters. The number of nitrogens with two attached hydrogens (primary N) is 1. The summed E-state index contributed by atoms with van der Waals surface area (Å²) >= 11 is 6.04. The maximum atomic E-state index is 6.04. The number of benzene rings is 2. The van der Waals surface area contributed by atoms with Crippen LogP contribution in [0.4, 0.5) is 5.69 Å². The van der Waals surface area contributed by atoms with Crippen molar-refractivity contribution in [3.05, 3.63) is 64.7 Å². The van der Waals surface area contributed by atoms with Crippen molar-refractivity contribution in [2.75, 3.05) is 12.3 Å². The number of halogens is 1. The maximum Gasteiger partial charge on any atom is 0.0429 e. The van der Waals surface area contributed by atoms with E-state index in [9.17, 15) is 0 Å². The van der Waals surface area contributed by atoms with Gasteiger partial charge in [-0.05, 0) is 35.9 Å². The number of hydrogen-bond donors (Lipinski definition) is 1. The predicted octanol–water partition coefficient (Wildman–Crippen LogP) is 3.94. The molecule has 100 valence electrons. The summed E-state index contributed by atoms with van der Waals surface area (Å²) in [6.45, 7) is 4.94. The van der Waals surface area contributed by atoms with E-state index in [-0.39, 0.29) is 0 Å². The summed E-state index contributed by atoms with van der Waals surface area (Å²) in [5.74, 6) is 0. The molecule has 2 N–H and O–H groups in total. The second-order valence-electron chi connectivity index (χ2n) is 4.68. The van der Waals surface area contributed by atoms with Crippen LogP contribution in [0.2, 0.25) is 5.02 Å². The van der Waals surface area contributed by atoms with E-state index in [0.29, 0.717) is 5.02 Å². The monoisotopic (exact) mass is 274 g/mol. The Morgan fingerprint density at radius 1 is 1.00 bits per heavy atom. The van der Waals surface area contributed by atoms with E-state index < -0.39 is 0 Å². The van der Waals surface area contributed by atoms with Crippen LogP contribution >= 0.6 is 11.6 Å². The fourth-order valence-electron chi connectivity index (χ4n) is 2.15. The third-order valence-electron chi connectivity index (χ3n) is 3.08. The summed E-state index contributed by atoms with van der Waals surface area (Å²) in [4.78, 5) is 2.36. The Morgan fingerprint density at radius 2 is 1.68 bits per heavy atom. The molecule has 0 saturated heterocycles. The topological polar surface area (TPSA) is 29.3 Å². The van der Waals surface area contributed by atoms with Crippen molar-refractivity contribution < 1.29 is 0 Å². The van der Waals surface area contributed by atoms with Crippen LogP contribution in [-0.2, 0) is 13.1 Å². The van der Waals surface area contributed by atoms with Crippen molar-refractivity contribution in [2.24, 2.45) is 0 Å². The molecule has 19 heavy (non-hydrogen) atoms. The minimum atomic E-state index is 0.700. The zero-order valence-corrected chi connectivity index (χ0v) is 11.9. The van der Waals surface area contributed by atoms with Crippen molar-refractivity contribution >= 4 is 17.3 Å². The van der Waals surface area contributed by atoms with Crippen LogP contribution in [0.15, 0.2) is 48.5 Å². The maximum absolute atomic E-state index is 6.04. The summed E-state index contributed by atoms with van der Waals surface area (Å²) in [5.41, 5.74) is 9.02. The van der Waals surface area contributed by atoms with Crippen LogP contribution in [0.3, 0.4) is 0 Å². The molecule has 0 spiro atoms. The third kappa shape index (κ3) is 4.27. The van der Waals surface area contributed by atoms with Gasteiger partial charge in [-0.3, -0.25) is 4.90 Å². The Labute approximate surface area is 119 Å². The zero-order valence-electron chi connectivity index (χ0n) is 11.1. The lowest BCUT2D eigenvalue weighted by Crippen LogP contribution is -2.22. The van der Waals surface area contributed by atoms with Gasteiger partial charge in [-0.15, -0.1) is 0 Å². The van der Waals surface area contributed by atoms with Gasteiger partial charge in [-0.25, -0.2) is 0 Å². The fraction of sp³-hybridized carbons (Fsp3) is 0.250. The van der Waals surface area contributed by atoms with Gasteiger partial charge in [0.1, 0.15) is 0 Å². The lowest BCUT2D eigenvalue weighted by atomic mass is 10.1. The second-order valence-corrected chi connectivity index (χ2v) is 5.12. The molecule has 0 amide bonds. The average Bonchev–Trinajstić information content (AvgIpc) is 2.38. The third-order valence-corrected chi connectivity index (χ3v) is 3.30. The van der Waals surface area contributed by atoms with Crippen molar-refractivity contribution in [3.8, 4) is 0 Å². The van der Waals surface area contributed by atoms with Crippen LogP contribution in [0, 0.1) is 0 Å². The largest absolute Gasteiger partial charge is 0.399 e. The summed E-state index contributed by atoms with van der Waals surface area (Å²) < 4.78 is 0. The number of rotatable bonds is 5. The highest BCUT2D eigenvalue weighted by Crippen LogP contribution is 2.18. The lowest BCUT2D eigenvalue weighted by Gasteiger charge is -2.21. The normalized spacial score (nSPS) is 10.9.